The van der Waals surface area contributed by atoms with Gasteiger partial charge >= 0.3 is 0 Å². The van der Waals surface area contributed by atoms with Crippen molar-refractivity contribution in [3.05, 3.63) is 300 Å². The highest BCUT2D eigenvalue weighted by atomic mass is 35.5. The van der Waals surface area contributed by atoms with Crippen LogP contribution in [-0.2, 0) is 4.74 Å². The number of likely N-dealkylation sites (tertiary alicyclic amines) is 2. The normalized spacial score (nSPS) is 13.6. The van der Waals surface area contributed by atoms with Gasteiger partial charge in [-0.1, -0.05) is 432 Å². The van der Waals surface area contributed by atoms with Crippen LogP contribution in [0, 0.1) is 47.8 Å². The third-order valence-electron chi connectivity index (χ3n) is 23.2. The number of methoxy groups -OCH3 is 1. The predicted molar refractivity (Wildman–Crippen MR) is 647 cm³/mol. The number of hydrogen-bond donors (Lipinski definition) is 0. The van der Waals surface area contributed by atoms with Gasteiger partial charge in [-0.3, -0.25) is 9.80 Å². The summed E-state index contributed by atoms with van der Waals surface area (Å²) in [5.41, 5.74) is 10.8. The number of rotatable bonds is 14. The van der Waals surface area contributed by atoms with Gasteiger partial charge in [-0.15, -0.1) is 11.3 Å². The maximum Gasteiger partial charge on any atom is 0.159 e. The summed E-state index contributed by atoms with van der Waals surface area (Å²) in [5, 5.41) is 3.82. The first kappa shape index (κ1) is 166. The third kappa shape index (κ3) is 74.2. The Kier molecular flexibility index (Phi) is 111. The molecule has 13 heteroatoms. The molecule has 4 fully saturated rings. The Morgan fingerprint density at radius 2 is 0.718 bits per heavy atom. The molecule has 4 heterocycles. The van der Waals surface area contributed by atoms with Crippen molar-refractivity contribution in [1.29, 1.82) is 0 Å². The van der Waals surface area contributed by atoms with Gasteiger partial charge in [-0.05, 0) is 294 Å². The smallest absolute Gasteiger partial charge is 0.159 e. The Balaban J connectivity index is -0.000000103. The van der Waals surface area contributed by atoms with Crippen LogP contribution in [0.15, 0.2) is 206 Å². The lowest BCUT2D eigenvalue weighted by atomic mass is 9.82. The molecule has 4 aliphatic rings. The lowest BCUT2D eigenvalue weighted by molar-refractivity contribution is 0.0238. The topological polar surface area (TPSA) is 28.2 Å². The Hall–Kier alpha value is -6.67. The first-order valence-electron chi connectivity index (χ1n) is 48.2. The summed E-state index contributed by atoms with van der Waals surface area (Å²) >= 11 is 13.5. The van der Waals surface area contributed by atoms with E-state index < -0.39 is 23.3 Å². The molecule has 2 atom stereocenters. The van der Waals surface area contributed by atoms with Crippen molar-refractivity contribution in [3.63, 3.8) is 0 Å². The van der Waals surface area contributed by atoms with Crippen LogP contribution in [0.3, 0.4) is 0 Å². The minimum absolute atomic E-state index is 0. The molecule has 0 N–H and O–H groups in total. The number of thiophene rings is 1. The first-order valence-corrected chi connectivity index (χ1v) is 49.8. The van der Waals surface area contributed by atoms with Crippen LogP contribution in [-0.4, -0.2) is 91.4 Å². The van der Waals surface area contributed by atoms with E-state index >= 15 is 0 Å². The van der Waals surface area contributed by atoms with Crippen molar-refractivity contribution >= 4 is 34.5 Å². The highest BCUT2D eigenvalue weighted by Gasteiger charge is 2.26. The van der Waals surface area contributed by atoms with E-state index in [0.717, 1.165) is 95.8 Å². The van der Waals surface area contributed by atoms with Crippen molar-refractivity contribution < 1.29 is 31.4 Å². The maximum atomic E-state index is 12.6. The Labute approximate surface area is 897 Å². The average molecular weight is 2050 g/mol. The van der Waals surface area contributed by atoms with Crippen LogP contribution in [0.25, 0.3) is 0 Å². The summed E-state index contributed by atoms with van der Waals surface area (Å²) in [5.74, 6) is 4.78. The fourth-order valence-electron chi connectivity index (χ4n) is 14.9. The van der Waals surface area contributed by atoms with E-state index in [-0.39, 0.29) is 122 Å². The van der Waals surface area contributed by atoms with Crippen molar-refractivity contribution in [2.75, 3.05) is 46.5 Å². The standard InChI is InChI=1S/C10H21N.C10H14O.C10H14.2C9H11Cl.2C9H10F2.C9H11F.C9H18.C9H12.C8H17N.C7H15NO.C7H10S.14CH4/c1-8(2)11-9(3)6-5-7-10(11)4;1-8(2)9-5-4-6-10(7-9)11-3;1-8(2)10-7-5-4-6-9(10)3;1-7(2)8-4-3-5-9(10)6-8;1-7(2)8-5-3-4-6-9(8)10;1-6(2)7-3-8(10)5-9(11)4-7;1-6(2)7-3-4-8(10)9(11)5-7;1-7(2)8-3-5-9(10)6-4-8;3*1-8(2)9-6-4-3-5-7-9;1-7(2)8-3-5-9-6-4-8;1-6(2)7-4-3-5-8-7;;;;;;;;;;;;;;/h8-10H,5-7H2,1-4H3;4-8H,1-3H3;4-8H,1-3H3;2*3-7H,1-2H3;2*3-6H,1-2H3;3-7H,1-2H3;8-9H,3-7H2,1-2H3;3-8H,1-2H3;8H,3-7H2,1-2H3;7H,3-6H2,1-2H3;3-6H,1-2H3;14*1H4/t9-,10+;;;;;;;;;;;;;;;;;;;;;;;;;;. The molecule has 0 bridgehead atoms. The number of nitrogens with zero attached hydrogens (tertiary/aromatic N) is 3. The molecule has 1 aliphatic carbocycles. The number of ether oxygens (including phenoxy) is 2. The molecule has 8 aromatic carbocycles. The van der Waals surface area contributed by atoms with Gasteiger partial charge in [-0.25, -0.2) is 22.0 Å². The molecule has 5 nitrogen and oxygen atoms in total. The highest BCUT2D eigenvalue weighted by Crippen LogP contribution is 2.31. The summed E-state index contributed by atoms with van der Waals surface area (Å²) in [6.45, 7) is 70.0. The molecule has 9 aromatic rings. The number of hydrogen-bond acceptors (Lipinski definition) is 6. The van der Waals surface area contributed by atoms with Gasteiger partial charge in [0.1, 0.15) is 23.2 Å². The average Bonchev–Trinajstić information content (AvgIpc) is 0.930. The van der Waals surface area contributed by atoms with Crippen LogP contribution in [0.4, 0.5) is 22.0 Å². The molecule has 0 unspecified atom stereocenters. The van der Waals surface area contributed by atoms with E-state index in [1.54, 1.807) is 13.2 Å². The summed E-state index contributed by atoms with van der Waals surface area (Å²) in [6.07, 6.45) is 15.9. The van der Waals surface area contributed by atoms with Crippen molar-refractivity contribution in [1.82, 2.24) is 14.7 Å². The minimum atomic E-state index is -0.783. The summed E-state index contributed by atoms with van der Waals surface area (Å²) in [7, 11) is 1.69. The van der Waals surface area contributed by atoms with E-state index in [4.69, 9.17) is 32.7 Å². The van der Waals surface area contributed by atoms with Gasteiger partial charge in [0.25, 0.3) is 0 Å². The van der Waals surface area contributed by atoms with E-state index in [1.165, 1.54) is 158 Å². The number of aryl methyl sites for hydroxylation is 1. The van der Waals surface area contributed by atoms with Crippen molar-refractivity contribution in [2.24, 2.45) is 11.8 Å². The molecule has 142 heavy (non-hydrogen) atoms. The molecule has 0 spiro atoms. The first-order chi connectivity index (χ1) is 60.4. The number of benzene rings is 8. The molecular formula is C129H230Cl2F5N3O2S. The lowest BCUT2D eigenvalue weighted by Gasteiger charge is -2.41. The predicted octanol–water partition coefficient (Wildman–Crippen LogP) is 45.1. The summed E-state index contributed by atoms with van der Waals surface area (Å²) in [4.78, 5) is 9.11. The van der Waals surface area contributed by atoms with Crippen LogP contribution in [0.1, 0.15) is 477 Å². The SMILES string of the molecule is C.C.C.C.C.C.C.C.C.C.C.C.C.C.CC(C)C1CCCCC1.CC(C)N1CCCCC1.CC(C)N1CCOCC1.CC(C)N1[C@H](C)CCC[C@@H]1C.CC(C)c1cc(F)cc(F)c1.CC(C)c1ccc(F)c(F)c1.CC(C)c1ccc(F)cc1.CC(C)c1cccc(Cl)c1.CC(C)c1ccccc1.CC(C)c1ccccc1Cl.CC(C)c1cccs1.COc1cccc(C(C)C)c1.Cc1ccccc1C(C)C. The van der Waals surface area contributed by atoms with E-state index in [0.29, 0.717) is 53.0 Å². The van der Waals surface area contributed by atoms with Crippen LogP contribution < -0.4 is 4.74 Å². The van der Waals surface area contributed by atoms with Gasteiger partial charge in [0.05, 0.1) is 20.3 Å². The maximum absolute atomic E-state index is 12.6. The molecule has 1 saturated carbocycles. The largest absolute Gasteiger partial charge is 0.497 e. The van der Waals surface area contributed by atoms with Gasteiger partial charge in [0, 0.05) is 64.3 Å². The zero-order chi connectivity index (χ0) is 96.5. The zero-order valence-corrected chi connectivity index (χ0v) is 87.4. The van der Waals surface area contributed by atoms with E-state index in [2.05, 4.69) is 278 Å². The van der Waals surface area contributed by atoms with Crippen LogP contribution >= 0.6 is 34.5 Å². The second kappa shape index (κ2) is 95.3. The molecular weight excluding hydrogens is 1820 g/mol. The van der Waals surface area contributed by atoms with Gasteiger partial charge < -0.3 is 14.4 Å². The minimum Gasteiger partial charge on any atom is -0.497 e. The van der Waals surface area contributed by atoms with Crippen molar-refractivity contribution in [3.8, 4) is 5.75 Å². The second-order valence-electron chi connectivity index (χ2n) is 38.2. The monoisotopic (exact) mass is 2050 g/mol. The Bertz CT molecular complexity index is 4070. The van der Waals surface area contributed by atoms with Gasteiger partial charge in [-0.2, -0.15) is 0 Å². The molecule has 3 aliphatic heterocycles. The van der Waals surface area contributed by atoms with E-state index in [9.17, 15) is 22.0 Å². The molecule has 0 radical (unpaired) electrons. The van der Waals surface area contributed by atoms with E-state index in [1.807, 2.05) is 106 Å². The molecule has 1 aromatic heterocycles. The number of halogens is 7. The third-order valence-corrected chi connectivity index (χ3v) is 25.0. The fraction of sp³-hybridized carbons (Fsp3) is 0.597. The highest BCUT2D eigenvalue weighted by molar-refractivity contribution is 7.10. The summed E-state index contributed by atoms with van der Waals surface area (Å²) < 4.78 is 72.7. The van der Waals surface area contributed by atoms with Crippen LogP contribution in [0.2, 0.25) is 10.0 Å². The second-order valence-corrected chi connectivity index (χ2v) is 40.0. The van der Waals surface area contributed by atoms with Crippen LogP contribution in [0.5, 0.6) is 5.75 Å². The molecule has 0 amide bonds. The number of morpholine rings is 1. The fourth-order valence-corrected chi connectivity index (χ4v) is 16.2. The number of piperidine rings is 2. The summed E-state index contributed by atoms with van der Waals surface area (Å²) in [6, 6.07) is 65.5. The Morgan fingerprint density at radius 1 is 0.324 bits per heavy atom. The quantitative estimate of drug-likeness (QED) is 0.101. The van der Waals surface area contributed by atoms with Gasteiger partial charge in [0.15, 0.2) is 11.6 Å². The molecule has 828 valence electrons. The lowest BCUT2D eigenvalue weighted by Crippen LogP contribution is -2.47. The zero-order valence-electron chi connectivity index (χ0n) is 85.1. The van der Waals surface area contributed by atoms with Gasteiger partial charge in [0.2, 0.25) is 0 Å². The Morgan fingerprint density at radius 3 is 1.04 bits per heavy atom. The molecule has 13 rings (SSSR count). The van der Waals surface area contributed by atoms with Crippen molar-refractivity contribution in [2.45, 2.75) is 459 Å². The molecule has 3 saturated heterocycles.